The van der Waals surface area contributed by atoms with E-state index in [0.29, 0.717) is 23.1 Å². The summed E-state index contributed by atoms with van der Waals surface area (Å²) in [6, 6.07) is 7.71. The van der Waals surface area contributed by atoms with Crippen LogP contribution in [0.25, 0.3) is 11.3 Å². The molecule has 0 saturated carbocycles. The van der Waals surface area contributed by atoms with Gasteiger partial charge >= 0.3 is 6.61 Å². The number of nitrogens with one attached hydrogen (secondary N) is 1. The van der Waals surface area contributed by atoms with Gasteiger partial charge in [-0.3, -0.25) is 14.8 Å². The molecule has 0 bridgehead atoms. The minimum atomic E-state index is -2.87. The van der Waals surface area contributed by atoms with Gasteiger partial charge in [0, 0.05) is 23.3 Å². The number of aromatic nitrogens is 5. The second-order valence-corrected chi connectivity index (χ2v) is 7.75. The van der Waals surface area contributed by atoms with E-state index in [1.54, 1.807) is 51.5 Å². The quantitative estimate of drug-likeness (QED) is 0.413. The fraction of sp³-hybridized carbons (Fsp3) is 0.111. The summed E-state index contributed by atoms with van der Waals surface area (Å²) < 4.78 is 32.9. The van der Waals surface area contributed by atoms with Crippen LogP contribution in [-0.2, 0) is 6.67 Å². The summed E-state index contributed by atoms with van der Waals surface area (Å²) in [7, 11) is 0. The number of rotatable bonds is 7. The van der Waals surface area contributed by atoms with Crippen LogP contribution in [0.4, 0.5) is 13.9 Å². The summed E-state index contributed by atoms with van der Waals surface area (Å²) in [5, 5.41) is 13.2. The van der Waals surface area contributed by atoms with Crippen molar-refractivity contribution in [3.8, 4) is 17.0 Å². The monoisotopic (exact) mass is 494 g/mol. The lowest BCUT2D eigenvalue weighted by Gasteiger charge is -2.04. The van der Waals surface area contributed by atoms with Crippen LogP contribution in [0.5, 0.6) is 5.75 Å². The van der Waals surface area contributed by atoms with Crippen molar-refractivity contribution in [3.63, 3.8) is 0 Å². The fourth-order valence-corrected chi connectivity index (χ4v) is 3.60. The molecule has 3 aromatic heterocycles. The van der Waals surface area contributed by atoms with Gasteiger partial charge in [0.1, 0.15) is 12.4 Å². The second kappa shape index (κ2) is 8.71. The van der Waals surface area contributed by atoms with Crippen molar-refractivity contribution in [3.05, 3.63) is 64.5 Å². The zero-order chi connectivity index (χ0) is 21.1. The molecule has 0 spiro atoms. The van der Waals surface area contributed by atoms with Gasteiger partial charge in [-0.2, -0.15) is 19.0 Å². The Morgan fingerprint density at radius 1 is 1.23 bits per heavy atom. The van der Waals surface area contributed by atoms with Crippen molar-refractivity contribution in [1.29, 1.82) is 0 Å². The number of carbonyl (C=O) groups excluding carboxylic acids is 1. The highest BCUT2D eigenvalue weighted by molar-refractivity contribution is 9.10. The topological polar surface area (TPSA) is 86.9 Å². The molecule has 0 radical (unpaired) electrons. The van der Waals surface area contributed by atoms with Crippen LogP contribution in [0.15, 0.2) is 58.8 Å². The van der Waals surface area contributed by atoms with E-state index < -0.39 is 12.5 Å². The molecule has 3 heterocycles. The predicted molar refractivity (Wildman–Crippen MR) is 110 cm³/mol. The molecule has 0 aliphatic carbocycles. The van der Waals surface area contributed by atoms with Gasteiger partial charge in [-0.05, 0) is 46.3 Å². The lowest BCUT2D eigenvalue weighted by molar-refractivity contribution is -0.0498. The first-order valence-electron chi connectivity index (χ1n) is 8.50. The largest absolute Gasteiger partial charge is 0.435 e. The highest BCUT2D eigenvalue weighted by Gasteiger charge is 2.13. The van der Waals surface area contributed by atoms with Crippen LogP contribution in [0.2, 0.25) is 0 Å². The lowest BCUT2D eigenvalue weighted by Crippen LogP contribution is -2.14. The van der Waals surface area contributed by atoms with E-state index in [-0.39, 0.29) is 11.4 Å². The zero-order valence-electron chi connectivity index (χ0n) is 15.1. The van der Waals surface area contributed by atoms with Gasteiger partial charge in [-0.15, -0.1) is 11.3 Å². The van der Waals surface area contributed by atoms with E-state index in [2.05, 4.69) is 41.2 Å². The summed E-state index contributed by atoms with van der Waals surface area (Å²) in [6.07, 6.45) is 5.14. The minimum absolute atomic E-state index is 0.0653. The molecule has 1 amide bonds. The van der Waals surface area contributed by atoms with Crippen LogP contribution >= 0.6 is 27.3 Å². The number of anilines is 1. The van der Waals surface area contributed by atoms with Crippen LogP contribution in [-0.4, -0.2) is 37.1 Å². The first kappa shape index (κ1) is 20.2. The van der Waals surface area contributed by atoms with Gasteiger partial charge in [-0.25, -0.2) is 9.67 Å². The molecule has 154 valence electrons. The van der Waals surface area contributed by atoms with E-state index in [0.717, 1.165) is 4.47 Å². The summed E-state index contributed by atoms with van der Waals surface area (Å²) in [4.78, 5) is 16.8. The highest BCUT2D eigenvalue weighted by atomic mass is 79.9. The molecule has 0 atom stereocenters. The first-order chi connectivity index (χ1) is 14.5. The fourth-order valence-electron chi connectivity index (χ4n) is 2.56. The Kier molecular flexibility index (Phi) is 5.86. The van der Waals surface area contributed by atoms with Crippen molar-refractivity contribution in [1.82, 2.24) is 24.5 Å². The Morgan fingerprint density at radius 3 is 2.73 bits per heavy atom. The molecule has 0 unspecified atom stereocenters. The summed E-state index contributed by atoms with van der Waals surface area (Å²) in [6.45, 7) is -2.51. The van der Waals surface area contributed by atoms with Gasteiger partial charge in [0.05, 0.1) is 16.4 Å². The smallest absolute Gasteiger partial charge is 0.387 e. The number of hydrogen-bond acceptors (Lipinski definition) is 6. The highest BCUT2D eigenvalue weighted by Crippen LogP contribution is 2.27. The molecule has 30 heavy (non-hydrogen) atoms. The number of alkyl halides is 2. The maximum atomic E-state index is 12.4. The molecule has 0 fully saturated rings. The molecular weight excluding hydrogens is 482 g/mol. The normalized spacial score (nSPS) is 11.1. The Balaban J connectivity index is 1.39. The van der Waals surface area contributed by atoms with Gasteiger partial charge in [0.2, 0.25) is 0 Å². The van der Waals surface area contributed by atoms with E-state index in [1.165, 1.54) is 23.5 Å². The molecular formula is C18H13BrF2N6O2S. The maximum absolute atomic E-state index is 12.4. The standard InChI is InChI=1S/C18H13BrF2N6O2S/c19-12-7-22-27(8-12)10-26-6-5-14(25-26)16(28)24-18-23-15(9-30-18)11-1-3-13(4-2-11)29-17(20)21/h1-9,17H,10H2,(H,23,24,28). The number of carbonyl (C=O) groups is 1. The molecule has 0 aliphatic heterocycles. The molecule has 1 aromatic carbocycles. The second-order valence-electron chi connectivity index (χ2n) is 5.97. The van der Waals surface area contributed by atoms with Crippen molar-refractivity contribution in [2.24, 2.45) is 0 Å². The molecule has 12 heteroatoms. The first-order valence-corrected chi connectivity index (χ1v) is 10.2. The van der Waals surface area contributed by atoms with Crippen LogP contribution in [0.3, 0.4) is 0 Å². The molecule has 8 nitrogen and oxygen atoms in total. The molecule has 4 rings (SSSR count). The maximum Gasteiger partial charge on any atom is 0.387 e. The summed E-state index contributed by atoms with van der Waals surface area (Å²) >= 11 is 4.57. The van der Waals surface area contributed by atoms with Crippen molar-refractivity contribution in [2.75, 3.05) is 5.32 Å². The van der Waals surface area contributed by atoms with Crippen molar-refractivity contribution in [2.45, 2.75) is 13.3 Å². The van der Waals surface area contributed by atoms with E-state index in [4.69, 9.17) is 0 Å². The van der Waals surface area contributed by atoms with Gasteiger partial charge in [-0.1, -0.05) is 0 Å². The van der Waals surface area contributed by atoms with Crippen molar-refractivity contribution < 1.29 is 18.3 Å². The Labute approximate surface area is 181 Å². The lowest BCUT2D eigenvalue weighted by atomic mass is 10.2. The average Bonchev–Trinajstić information content (AvgIpc) is 3.44. The number of amides is 1. The number of hydrogen-bond donors (Lipinski definition) is 1. The zero-order valence-corrected chi connectivity index (χ0v) is 17.5. The Morgan fingerprint density at radius 2 is 2.03 bits per heavy atom. The average molecular weight is 495 g/mol. The summed E-state index contributed by atoms with van der Waals surface area (Å²) in [5.74, 6) is -0.326. The van der Waals surface area contributed by atoms with Crippen LogP contribution < -0.4 is 10.1 Å². The Hall–Kier alpha value is -3.12. The van der Waals surface area contributed by atoms with E-state index >= 15 is 0 Å². The van der Waals surface area contributed by atoms with Gasteiger partial charge in [0.25, 0.3) is 5.91 Å². The number of benzene rings is 1. The Bertz CT molecular complexity index is 1160. The molecule has 1 N–H and O–H groups in total. The third-order valence-electron chi connectivity index (χ3n) is 3.86. The van der Waals surface area contributed by atoms with E-state index in [1.807, 2.05) is 0 Å². The SMILES string of the molecule is O=C(Nc1nc(-c2ccc(OC(F)F)cc2)cs1)c1ccn(Cn2cc(Br)cn2)n1. The number of nitrogens with zero attached hydrogens (tertiary/aromatic N) is 5. The van der Waals surface area contributed by atoms with Gasteiger partial charge < -0.3 is 4.74 Å². The number of thiazole rings is 1. The summed E-state index contributed by atoms with van der Waals surface area (Å²) in [5.41, 5.74) is 1.56. The number of ether oxygens (including phenoxy) is 1. The molecule has 0 saturated heterocycles. The van der Waals surface area contributed by atoms with Crippen molar-refractivity contribution >= 4 is 38.3 Å². The number of halogens is 3. The van der Waals surface area contributed by atoms with Gasteiger partial charge in [0.15, 0.2) is 10.8 Å². The minimum Gasteiger partial charge on any atom is -0.435 e. The molecule has 4 aromatic rings. The molecule has 0 aliphatic rings. The van der Waals surface area contributed by atoms with E-state index in [9.17, 15) is 13.6 Å². The third-order valence-corrected chi connectivity index (χ3v) is 5.03. The third kappa shape index (κ3) is 4.89. The predicted octanol–water partition coefficient (Wildman–Crippen LogP) is 4.33. The van der Waals surface area contributed by atoms with Crippen LogP contribution in [0, 0.1) is 0 Å². The van der Waals surface area contributed by atoms with Crippen LogP contribution in [0.1, 0.15) is 10.5 Å².